The molecule has 0 saturated carbocycles. The van der Waals surface area contributed by atoms with E-state index in [0.29, 0.717) is 6.07 Å². The molecule has 166 valence electrons. The van der Waals surface area contributed by atoms with E-state index in [9.17, 15) is 32.9 Å². The van der Waals surface area contributed by atoms with Gasteiger partial charge in [-0.1, -0.05) is 11.6 Å². The number of rotatable bonds is 7. The van der Waals surface area contributed by atoms with Crippen molar-refractivity contribution in [2.75, 3.05) is 7.11 Å². The third-order valence-electron chi connectivity index (χ3n) is 3.76. The maximum atomic E-state index is 12.7. The zero-order valence-corrected chi connectivity index (χ0v) is 16.6. The predicted molar refractivity (Wildman–Crippen MR) is 99.7 cm³/mol. The van der Waals surface area contributed by atoms with Crippen LogP contribution in [-0.4, -0.2) is 30.0 Å². The standard InChI is InChI=1S/C18H14ClF3N2O7/c1-9(17(26)29-2)31-23-16(25)12-8-11(4-5-14(12)24(27)28)30-15-6-3-10(7-13(15)19)18(20,21)22/h3-9H,1-2H3,(H,23,25). The Bertz CT molecular complexity index is 1010. The van der Waals surface area contributed by atoms with E-state index in [1.807, 2.05) is 5.48 Å². The van der Waals surface area contributed by atoms with Crippen LogP contribution in [0.4, 0.5) is 18.9 Å². The summed E-state index contributed by atoms with van der Waals surface area (Å²) in [5, 5.41) is 10.8. The lowest BCUT2D eigenvalue weighted by molar-refractivity contribution is -0.385. The molecule has 0 bridgehead atoms. The van der Waals surface area contributed by atoms with Crippen molar-refractivity contribution in [3.8, 4) is 11.5 Å². The number of hydrogen-bond donors (Lipinski definition) is 1. The van der Waals surface area contributed by atoms with Crippen molar-refractivity contribution in [1.29, 1.82) is 0 Å². The molecule has 1 atom stereocenters. The summed E-state index contributed by atoms with van der Waals surface area (Å²) in [6, 6.07) is 5.40. The van der Waals surface area contributed by atoms with Crippen LogP contribution >= 0.6 is 11.6 Å². The van der Waals surface area contributed by atoms with Crippen LogP contribution in [0.5, 0.6) is 11.5 Å². The Morgan fingerprint density at radius 1 is 1.19 bits per heavy atom. The number of esters is 1. The molecule has 31 heavy (non-hydrogen) atoms. The maximum absolute atomic E-state index is 12.7. The average molecular weight is 463 g/mol. The van der Waals surface area contributed by atoms with Crippen LogP contribution in [0.25, 0.3) is 0 Å². The lowest BCUT2D eigenvalue weighted by Gasteiger charge is -2.13. The van der Waals surface area contributed by atoms with E-state index >= 15 is 0 Å². The molecule has 0 aromatic heterocycles. The fourth-order valence-corrected chi connectivity index (χ4v) is 2.44. The molecule has 2 rings (SSSR count). The van der Waals surface area contributed by atoms with Crippen LogP contribution in [0.2, 0.25) is 5.02 Å². The van der Waals surface area contributed by atoms with E-state index in [-0.39, 0.29) is 16.5 Å². The molecule has 0 aliphatic carbocycles. The van der Waals surface area contributed by atoms with E-state index in [1.54, 1.807) is 0 Å². The molecule has 1 amide bonds. The smallest absolute Gasteiger partial charge is 0.416 e. The topological polar surface area (TPSA) is 117 Å². The molecule has 0 fully saturated rings. The number of hydroxylamine groups is 1. The first-order valence-electron chi connectivity index (χ1n) is 8.31. The van der Waals surface area contributed by atoms with Gasteiger partial charge in [0.25, 0.3) is 11.6 Å². The van der Waals surface area contributed by atoms with Crippen LogP contribution < -0.4 is 10.2 Å². The Balaban J connectivity index is 2.28. The third kappa shape index (κ3) is 6.06. The summed E-state index contributed by atoms with van der Waals surface area (Å²) in [5.74, 6) is -2.18. The number of alkyl halides is 3. The molecular formula is C18H14ClF3N2O7. The van der Waals surface area contributed by atoms with Gasteiger partial charge in [0, 0.05) is 12.1 Å². The lowest BCUT2D eigenvalue weighted by Crippen LogP contribution is -2.33. The Hall–Kier alpha value is -3.38. The normalized spacial score (nSPS) is 12.1. The number of nitrogens with zero attached hydrogens (tertiary/aromatic N) is 1. The SMILES string of the molecule is COC(=O)C(C)ONC(=O)c1cc(Oc2ccc(C(F)(F)F)cc2Cl)ccc1[N+](=O)[O-]. The second kappa shape index (κ2) is 9.62. The van der Waals surface area contributed by atoms with Gasteiger partial charge in [-0.05, 0) is 31.2 Å². The molecule has 2 aromatic carbocycles. The number of nitro groups is 1. The molecule has 0 aliphatic rings. The molecule has 9 nitrogen and oxygen atoms in total. The molecule has 0 radical (unpaired) electrons. The highest BCUT2D eigenvalue weighted by Crippen LogP contribution is 2.37. The molecule has 2 aromatic rings. The monoisotopic (exact) mass is 462 g/mol. The van der Waals surface area contributed by atoms with Crippen molar-refractivity contribution in [3.05, 3.63) is 62.7 Å². The van der Waals surface area contributed by atoms with Gasteiger partial charge in [0.05, 0.1) is 22.6 Å². The van der Waals surface area contributed by atoms with Crippen LogP contribution in [-0.2, 0) is 20.5 Å². The van der Waals surface area contributed by atoms with Crippen molar-refractivity contribution in [2.45, 2.75) is 19.2 Å². The Kier molecular flexibility index (Phi) is 7.41. The second-order valence-electron chi connectivity index (χ2n) is 5.90. The highest BCUT2D eigenvalue weighted by molar-refractivity contribution is 6.32. The number of nitro benzene ring substituents is 1. The third-order valence-corrected chi connectivity index (χ3v) is 4.05. The molecule has 0 saturated heterocycles. The Morgan fingerprint density at radius 2 is 1.87 bits per heavy atom. The highest BCUT2D eigenvalue weighted by atomic mass is 35.5. The minimum absolute atomic E-state index is 0.126. The first-order valence-corrected chi connectivity index (χ1v) is 8.68. The number of ether oxygens (including phenoxy) is 2. The van der Waals surface area contributed by atoms with Gasteiger partial charge < -0.3 is 9.47 Å². The van der Waals surface area contributed by atoms with Gasteiger partial charge in [-0.15, -0.1) is 0 Å². The predicted octanol–water partition coefficient (Wildman–Crippen LogP) is 4.28. The summed E-state index contributed by atoms with van der Waals surface area (Å²) in [6.45, 7) is 1.27. The van der Waals surface area contributed by atoms with E-state index in [2.05, 4.69) is 4.74 Å². The highest BCUT2D eigenvalue weighted by Gasteiger charge is 2.31. The maximum Gasteiger partial charge on any atom is 0.416 e. The number of hydrogen-bond acceptors (Lipinski definition) is 7. The van der Waals surface area contributed by atoms with Crippen LogP contribution in [0.15, 0.2) is 36.4 Å². The number of benzene rings is 2. The Morgan fingerprint density at radius 3 is 2.42 bits per heavy atom. The Labute approximate surface area is 177 Å². The minimum atomic E-state index is -4.61. The first-order chi connectivity index (χ1) is 14.4. The zero-order chi connectivity index (χ0) is 23.3. The van der Waals surface area contributed by atoms with Crippen molar-refractivity contribution in [3.63, 3.8) is 0 Å². The fourth-order valence-electron chi connectivity index (χ4n) is 2.22. The van der Waals surface area contributed by atoms with Gasteiger partial charge in [0.15, 0.2) is 6.10 Å². The molecular weight excluding hydrogens is 449 g/mol. The number of carbonyl (C=O) groups is 2. The van der Waals surface area contributed by atoms with Crippen molar-refractivity contribution in [2.24, 2.45) is 0 Å². The zero-order valence-electron chi connectivity index (χ0n) is 15.9. The van der Waals surface area contributed by atoms with E-state index in [1.165, 1.54) is 6.92 Å². The molecule has 1 unspecified atom stereocenters. The lowest BCUT2D eigenvalue weighted by atomic mass is 10.1. The van der Waals surface area contributed by atoms with Gasteiger partial charge in [0.1, 0.15) is 17.1 Å². The number of amides is 1. The minimum Gasteiger partial charge on any atom is -0.467 e. The molecule has 0 heterocycles. The summed E-state index contributed by atoms with van der Waals surface area (Å²) in [6.07, 6.45) is -5.80. The number of nitrogens with one attached hydrogen (secondary N) is 1. The van der Waals surface area contributed by atoms with Crippen molar-refractivity contribution < 1.29 is 42.0 Å². The summed E-state index contributed by atoms with van der Waals surface area (Å²) < 4.78 is 48.0. The summed E-state index contributed by atoms with van der Waals surface area (Å²) in [7, 11) is 1.10. The van der Waals surface area contributed by atoms with Crippen molar-refractivity contribution >= 4 is 29.2 Å². The largest absolute Gasteiger partial charge is 0.467 e. The fraction of sp³-hybridized carbons (Fsp3) is 0.222. The quantitative estimate of drug-likeness (QED) is 0.370. The molecule has 0 spiro atoms. The van der Waals surface area contributed by atoms with Gasteiger partial charge in [-0.3, -0.25) is 19.7 Å². The van der Waals surface area contributed by atoms with Crippen LogP contribution in [0.3, 0.4) is 0 Å². The van der Waals surface area contributed by atoms with Gasteiger partial charge in [-0.2, -0.15) is 13.2 Å². The second-order valence-corrected chi connectivity index (χ2v) is 6.30. The number of halogens is 4. The number of carbonyl (C=O) groups excluding carboxylic acids is 2. The van der Waals surface area contributed by atoms with Gasteiger partial charge >= 0.3 is 12.1 Å². The summed E-state index contributed by atoms with van der Waals surface area (Å²) in [4.78, 5) is 38.8. The summed E-state index contributed by atoms with van der Waals surface area (Å²) >= 11 is 5.82. The van der Waals surface area contributed by atoms with E-state index in [4.69, 9.17) is 21.2 Å². The van der Waals surface area contributed by atoms with Crippen molar-refractivity contribution in [1.82, 2.24) is 5.48 Å². The van der Waals surface area contributed by atoms with E-state index < -0.39 is 45.9 Å². The van der Waals surface area contributed by atoms with Gasteiger partial charge in [-0.25, -0.2) is 10.3 Å². The summed E-state index contributed by atoms with van der Waals surface area (Å²) in [5.41, 5.74) is -0.221. The van der Waals surface area contributed by atoms with Crippen LogP contribution in [0.1, 0.15) is 22.8 Å². The number of methoxy groups -OCH3 is 1. The van der Waals surface area contributed by atoms with E-state index in [0.717, 1.165) is 37.4 Å². The molecule has 1 N–H and O–H groups in total. The first kappa shape index (κ1) is 23.9. The average Bonchev–Trinajstić information content (AvgIpc) is 2.71. The molecule has 0 aliphatic heterocycles. The van der Waals surface area contributed by atoms with Crippen LogP contribution in [0, 0.1) is 10.1 Å². The molecule has 13 heteroatoms. The van der Waals surface area contributed by atoms with Gasteiger partial charge in [0.2, 0.25) is 0 Å².